The average molecular weight is 368 g/mol. The topological polar surface area (TPSA) is 116 Å². The highest BCUT2D eigenvalue weighted by molar-refractivity contribution is 5.76. The predicted octanol–water partition coefficient (Wildman–Crippen LogP) is 0.214. The van der Waals surface area contributed by atoms with Gasteiger partial charge in [0.15, 0.2) is 0 Å². The van der Waals surface area contributed by atoms with Crippen LogP contribution < -0.4 is 5.56 Å². The molecule has 0 atom stereocenters. The highest BCUT2D eigenvalue weighted by atomic mass is 16.5. The molecule has 3 aromatic heterocycles. The standard InChI is InChI=1S/C17H16N6O4/c24-14-2-1-13(17-19-16(21-27-17)12-3-5-18-6-4-12)20-23(14)11-15(25)22-7-9-26-10-8-22/h1-6H,7-11H2. The molecule has 4 rings (SSSR count). The number of hydrogen-bond donors (Lipinski definition) is 0. The normalized spacial score (nSPS) is 14.3. The van der Waals surface area contributed by atoms with E-state index in [9.17, 15) is 9.59 Å². The first-order valence-corrected chi connectivity index (χ1v) is 8.39. The minimum absolute atomic E-state index is 0.155. The number of hydrogen-bond acceptors (Lipinski definition) is 8. The van der Waals surface area contributed by atoms with Crippen LogP contribution in [-0.4, -0.2) is 62.0 Å². The fraction of sp³-hybridized carbons (Fsp3) is 0.294. The Morgan fingerprint density at radius 3 is 2.67 bits per heavy atom. The molecule has 0 spiro atoms. The fourth-order valence-electron chi connectivity index (χ4n) is 2.66. The van der Waals surface area contributed by atoms with Crippen LogP contribution in [0.5, 0.6) is 0 Å². The first-order chi connectivity index (χ1) is 13.2. The lowest BCUT2D eigenvalue weighted by Crippen LogP contribution is -2.43. The zero-order valence-electron chi connectivity index (χ0n) is 14.3. The minimum atomic E-state index is -0.380. The summed E-state index contributed by atoms with van der Waals surface area (Å²) in [6.07, 6.45) is 3.25. The number of amides is 1. The molecule has 10 heteroatoms. The molecule has 10 nitrogen and oxygen atoms in total. The third-order valence-corrected chi connectivity index (χ3v) is 4.10. The highest BCUT2D eigenvalue weighted by Gasteiger charge is 2.19. The van der Waals surface area contributed by atoms with Crippen LogP contribution in [-0.2, 0) is 16.1 Å². The summed E-state index contributed by atoms with van der Waals surface area (Å²) in [5.74, 6) is 0.360. The Balaban J connectivity index is 1.56. The Hall–Kier alpha value is -3.40. The molecular formula is C17H16N6O4. The van der Waals surface area contributed by atoms with Crippen LogP contribution >= 0.6 is 0 Å². The Kier molecular flexibility index (Phi) is 4.71. The Labute approximate surface area is 153 Å². The van der Waals surface area contributed by atoms with Gasteiger partial charge >= 0.3 is 0 Å². The molecule has 138 valence electrons. The number of ether oxygens (including phenoxy) is 1. The molecule has 0 aromatic carbocycles. The van der Waals surface area contributed by atoms with Gasteiger partial charge in [-0.3, -0.25) is 14.6 Å². The van der Waals surface area contributed by atoms with E-state index in [1.807, 2.05) is 0 Å². The van der Waals surface area contributed by atoms with Gasteiger partial charge in [0.1, 0.15) is 12.2 Å². The van der Waals surface area contributed by atoms with Gasteiger partial charge in [0.2, 0.25) is 11.7 Å². The molecule has 27 heavy (non-hydrogen) atoms. The summed E-state index contributed by atoms with van der Waals surface area (Å²) < 4.78 is 11.6. The molecule has 0 saturated carbocycles. The van der Waals surface area contributed by atoms with Crippen LogP contribution in [0.15, 0.2) is 46.0 Å². The molecule has 3 aromatic rings. The molecule has 1 fully saturated rings. The van der Waals surface area contributed by atoms with Crippen LogP contribution in [0.3, 0.4) is 0 Å². The number of carbonyl (C=O) groups is 1. The van der Waals surface area contributed by atoms with Crippen molar-refractivity contribution in [2.24, 2.45) is 0 Å². The molecule has 4 heterocycles. The van der Waals surface area contributed by atoms with Crippen molar-refractivity contribution in [2.75, 3.05) is 26.3 Å². The first-order valence-electron chi connectivity index (χ1n) is 8.39. The number of aromatic nitrogens is 5. The zero-order valence-corrected chi connectivity index (χ0v) is 14.3. The van der Waals surface area contributed by atoms with Crippen LogP contribution in [0.4, 0.5) is 0 Å². The zero-order chi connectivity index (χ0) is 18.6. The maximum Gasteiger partial charge on any atom is 0.278 e. The van der Waals surface area contributed by atoms with E-state index in [0.717, 1.165) is 10.2 Å². The Morgan fingerprint density at radius 1 is 1.11 bits per heavy atom. The minimum Gasteiger partial charge on any atom is -0.378 e. The van der Waals surface area contributed by atoms with E-state index >= 15 is 0 Å². The molecule has 1 aliphatic heterocycles. The number of carbonyl (C=O) groups excluding carboxylic acids is 1. The predicted molar refractivity (Wildman–Crippen MR) is 92.4 cm³/mol. The van der Waals surface area contributed by atoms with Gasteiger partial charge in [-0.1, -0.05) is 5.16 Å². The summed E-state index contributed by atoms with van der Waals surface area (Å²) in [5.41, 5.74) is 0.683. The second-order valence-electron chi connectivity index (χ2n) is 5.87. The first kappa shape index (κ1) is 17.0. The summed E-state index contributed by atoms with van der Waals surface area (Å²) in [7, 11) is 0. The van der Waals surface area contributed by atoms with E-state index in [4.69, 9.17) is 9.26 Å². The van der Waals surface area contributed by atoms with Crippen molar-refractivity contribution in [3.05, 3.63) is 47.0 Å². The van der Waals surface area contributed by atoms with Gasteiger partial charge in [-0.05, 0) is 18.2 Å². The van der Waals surface area contributed by atoms with Crippen molar-refractivity contribution in [1.82, 2.24) is 29.8 Å². The molecule has 1 aliphatic rings. The summed E-state index contributed by atoms with van der Waals surface area (Å²) in [4.78, 5) is 34.3. The highest BCUT2D eigenvalue weighted by Crippen LogP contribution is 2.19. The number of rotatable bonds is 4. The summed E-state index contributed by atoms with van der Waals surface area (Å²) >= 11 is 0. The smallest absolute Gasteiger partial charge is 0.278 e. The molecule has 0 radical (unpaired) electrons. The molecule has 0 N–H and O–H groups in total. The molecular weight excluding hydrogens is 352 g/mol. The maximum absolute atomic E-state index is 12.4. The lowest BCUT2D eigenvalue weighted by Gasteiger charge is -2.26. The third-order valence-electron chi connectivity index (χ3n) is 4.10. The average Bonchev–Trinajstić information content (AvgIpc) is 3.21. The lowest BCUT2D eigenvalue weighted by atomic mass is 10.2. The second kappa shape index (κ2) is 7.46. The van der Waals surface area contributed by atoms with Crippen LogP contribution in [0.25, 0.3) is 23.0 Å². The molecule has 0 aliphatic carbocycles. The third kappa shape index (κ3) is 3.75. The van der Waals surface area contributed by atoms with Crippen molar-refractivity contribution in [2.45, 2.75) is 6.54 Å². The molecule has 1 saturated heterocycles. The van der Waals surface area contributed by atoms with Crippen molar-refractivity contribution in [3.8, 4) is 23.0 Å². The van der Waals surface area contributed by atoms with Gasteiger partial charge in [0.25, 0.3) is 11.4 Å². The van der Waals surface area contributed by atoms with E-state index in [0.29, 0.717) is 37.8 Å². The largest absolute Gasteiger partial charge is 0.378 e. The van der Waals surface area contributed by atoms with Gasteiger partial charge < -0.3 is 14.2 Å². The van der Waals surface area contributed by atoms with Gasteiger partial charge in [-0.15, -0.1) is 0 Å². The monoisotopic (exact) mass is 368 g/mol. The SMILES string of the molecule is O=C(Cn1nc(-c2nc(-c3ccncc3)no2)ccc1=O)N1CCOCC1. The Morgan fingerprint density at radius 2 is 1.89 bits per heavy atom. The number of morpholine rings is 1. The molecule has 0 bridgehead atoms. The second-order valence-corrected chi connectivity index (χ2v) is 5.87. The number of nitrogens with zero attached hydrogens (tertiary/aromatic N) is 6. The van der Waals surface area contributed by atoms with Gasteiger partial charge in [-0.25, -0.2) is 4.68 Å². The van der Waals surface area contributed by atoms with E-state index in [1.165, 1.54) is 12.1 Å². The van der Waals surface area contributed by atoms with E-state index in [-0.39, 0.29) is 23.9 Å². The van der Waals surface area contributed by atoms with Crippen molar-refractivity contribution in [1.29, 1.82) is 0 Å². The van der Waals surface area contributed by atoms with Gasteiger partial charge in [0, 0.05) is 37.1 Å². The molecule has 1 amide bonds. The van der Waals surface area contributed by atoms with Crippen molar-refractivity contribution in [3.63, 3.8) is 0 Å². The lowest BCUT2D eigenvalue weighted by molar-refractivity contribution is -0.136. The van der Waals surface area contributed by atoms with E-state index in [1.54, 1.807) is 29.4 Å². The van der Waals surface area contributed by atoms with E-state index in [2.05, 4.69) is 20.2 Å². The summed E-state index contributed by atoms with van der Waals surface area (Å²) in [5, 5.41) is 8.12. The summed E-state index contributed by atoms with van der Waals surface area (Å²) in [6, 6.07) is 6.32. The fourth-order valence-corrected chi connectivity index (χ4v) is 2.66. The summed E-state index contributed by atoms with van der Waals surface area (Å²) in [6.45, 7) is 1.85. The quantitative estimate of drug-likeness (QED) is 0.642. The number of pyridine rings is 1. The maximum atomic E-state index is 12.4. The van der Waals surface area contributed by atoms with Crippen LogP contribution in [0.1, 0.15) is 0 Å². The van der Waals surface area contributed by atoms with Gasteiger partial charge in [-0.2, -0.15) is 10.1 Å². The van der Waals surface area contributed by atoms with E-state index < -0.39 is 0 Å². The van der Waals surface area contributed by atoms with Gasteiger partial charge in [0.05, 0.1) is 13.2 Å². The van der Waals surface area contributed by atoms with Crippen molar-refractivity contribution < 1.29 is 14.1 Å². The molecule has 0 unspecified atom stereocenters. The van der Waals surface area contributed by atoms with Crippen LogP contribution in [0, 0.1) is 0 Å². The van der Waals surface area contributed by atoms with Crippen LogP contribution in [0.2, 0.25) is 0 Å². The Bertz CT molecular complexity index is 994. The van der Waals surface area contributed by atoms with Crippen molar-refractivity contribution >= 4 is 5.91 Å².